The summed E-state index contributed by atoms with van der Waals surface area (Å²) >= 11 is 0. The predicted molar refractivity (Wildman–Crippen MR) is 78.5 cm³/mol. The van der Waals surface area contributed by atoms with Gasteiger partial charge in [0, 0.05) is 6.54 Å². The van der Waals surface area contributed by atoms with Crippen LogP contribution < -0.4 is 11.1 Å². The van der Waals surface area contributed by atoms with Crippen LogP contribution in [0.3, 0.4) is 0 Å². The van der Waals surface area contributed by atoms with E-state index >= 15 is 0 Å². The Labute approximate surface area is 122 Å². The number of fused-ring (bicyclic) bond motifs is 2. The second kappa shape index (κ2) is 5.49. The summed E-state index contributed by atoms with van der Waals surface area (Å²) in [4.78, 5) is 11.7. The van der Waals surface area contributed by atoms with Gasteiger partial charge in [0.15, 0.2) is 0 Å². The molecule has 3 saturated carbocycles. The molecule has 3 rings (SSSR count). The number of alkyl carbamates (subject to hydrolysis) is 1. The van der Waals surface area contributed by atoms with Crippen LogP contribution in [0.25, 0.3) is 0 Å². The van der Waals surface area contributed by atoms with Crippen LogP contribution in [0.5, 0.6) is 0 Å². The first kappa shape index (κ1) is 16.6. The number of ether oxygens (including phenoxy) is 1. The highest BCUT2D eigenvalue weighted by Crippen LogP contribution is 2.62. The Morgan fingerprint density at radius 2 is 1.84 bits per heavy atom. The molecule has 3 aliphatic carbocycles. The lowest BCUT2D eigenvalue weighted by Gasteiger charge is -2.60. The maximum absolute atomic E-state index is 11.7. The van der Waals surface area contributed by atoms with Crippen molar-refractivity contribution in [1.82, 2.24) is 5.32 Å². The van der Waals surface area contributed by atoms with Crippen LogP contribution >= 0.6 is 12.4 Å². The first-order chi connectivity index (χ1) is 8.28. The van der Waals surface area contributed by atoms with E-state index in [0.29, 0.717) is 10.8 Å². The molecule has 19 heavy (non-hydrogen) atoms. The number of hydrogen-bond acceptors (Lipinski definition) is 3. The molecule has 0 aromatic heterocycles. The lowest BCUT2D eigenvalue weighted by Crippen LogP contribution is -2.58. The minimum Gasteiger partial charge on any atom is -0.444 e. The molecule has 0 aliphatic heterocycles. The fourth-order valence-corrected chi connectivity index (χ4v) is 3.76. The van der Waals surface area contributed by atoms with Gasteiger partial charge in [-0.25, -0.2) is 4.79 Å². The van der Waals surface area contributed by atoms with Crippen LogP contribution in [0.1, 0.15) is 52.9 Å². The molecule has 0 aromatic rings. The zero-order valence-corrected chi connectivity index (χ0v) is 13.1. The smallest absolute Gasteiger partial charge is 0.407 e. The number of carbonyl (C=O) groups excluding carboxylic acids is 1. The van der Waals surface area contributed by atoms with Crippen LogP contribution in [0.15, 0.2) is 0 Å². The maximum Gasteiger partial charge on any atom is 0.407 e. The van der Waals surface area contributed by atoms with E-state index in [9.17, 15) is 4.79 Å². The Bertz CT molecular complexity index is 333. The van der Waals surface area contributed by atoms with Crippen LogP contribution in [0.2, 0.25) is 0 Å². The molecule has 0 aromatic carbocycles. The van der Waals surface area contributed by atoms with Gasteiger partial charge in [-0.2, -0.15) is 0 Å². The number of nitrogens with two attached hydrogens (primary N) is 1. The second-order valence-corrected chi connectivity index (χ2v) is 7.27. The molecule has 1 amide bonds. The average molecular weight is 291 g/mol. The van der Waals surface area contributed by atoms with Gasteiger partial charge < -0.3 is 15.8 Å². The van der Waals surface area contributed by atoms with Gasteiger partial charge in [0.2, 0.25) is 0 Å². The fraction of sp³-hybridized carbons (Fsp3) is 0.929. The molecule has 0 spiro atoms. The van der Waals surface area contributed by atoms with Crippen molar-refractivity contribution in [3.63, 3.8) is 0 Å². The van der Waals surface area contributed by atoms with Crippen molar-refractivity contribution in [2.24, 2.45) is 16.6 Å². The van der Waals surface area contributed by atoms with Crippen molar-refractivity contribution in [3.05, 3.63) is 0 Å². The van der Waals surface area contributed by atoms with Crippen LogP contribution in [0.4, 0.5) is 4.79 Å². The van der Waals surface area contributed by atoms with Crippen molar-refractivity contribution < 1.29 is 9.53 Å². The monoisotopic (exact) mass is 290 g/mol. The quantitative estimate of drug-likeness (QED) is 0.840. The van der Waals surface area contributed by atoms with Crippen molar-refractivity contribution in [1.29, 1.82) is 0 Å². The molecule has 3 fully saturated rings. The molecular formula is C14H27ClN2O2. The molecule has 3 N–H and O–H groups in total. The van der Waals surface area contributed by atoms with Crippen molar-refractivity contribution in [3.8, 4) is 0 Å². The molecule has 4 nitrogen and oxygen atoms in total. The summed E-state index contributed by atoms with van der Waals surface area (Å²) in [6.07, 6.45) is 5.77. The summed E-state index contributed by atoms with van der Waals surface area (Å²) in [6, 6.07) is 0. The highest BCUT2D eigenvalue weighted by molar-refractivity contribution is 5.85. The number of amides is 1. The Kier molecular flexibility index (Phi) is 4.79. The summed E-state index contributed by atoms with van der Waals surface area (Å²) < 4.78 is 5.27. The zero-order valence-electron chi connectivity index (χ0n) is 12.3. The molecule has 0 unspecified atom stereocenters. The Hall–Kier alpha value is -0.480. The number of halogens is 1. The summed E-state index contributed by atoms with van der Waals surface area (Å²) in [5.74, 6) is 0. The summed E-state index contributed by atoms with van der Waals surface area (Å²) in [5, 5.41) is 2.93. The first-order valence-corrected chi connectivity index (χ1v) is 6.95. The summed E-state index contributed by atoms with van der Waals surface area (Å²) in [7, 11) is 0. The lowest BCUT2D eigenvalue weighted by atomic mass is 9.46. The zero-order chi connectivity index (χ0) is 13.4. The van der Waals surface area contributed by atoms with Gasteiger partial charge in [0.1, 0.15) is 5.60 Å². The van der Waals surface area contributed by atoms with E-state index < -0.39 is 5.60 Å². The molecule has 112 valence electrons. The van der Waals surface area contributed by atoms with Gasteiger partial charge in [0.05, 0.1) is 0 Å². The number of nitrogens with one attached hydrogen (secondary N) is 1. The van der Waals surface area contributed by atoms with E-state index in [-0.39, 0.29) is 18.5 Å². The highest BCUT2D eigenvalue weighted by atomic mass is 35.5. The molecule has 0 saturated heterocycles. The lowest BCUT2D eigenvalue weighted by molar-refractivity contribution is -0.0854. The summed E-state index contributed by atoms with van der Waals surface area (Å²) in [5.41, 5.74) is 6.12. The molecule has 0 radical (unpaired) electrons. The van der Waals surface area contributed by atoms with Gasteiger partial charge in [-0.15, -0.1) is 12.4 Å². The molecule has 5 heteroatoms. The van der Waals surface area contributed by atoms with Gasteiger partial charge in [-0.1, -0.05) is 6.42 Å². The largest absolute Gasteiger partial charge is 0.444 e. The van der Waals surface area contributed by atoms with Crippen LogP contribution in [0, 0.1) is 10.8 Å². The van der Waals surface area contributed by atoms with Gasteiger partial charge in [-0.05, 0) is 63.8 Å². The van der Waals surface area contributed by atoms with E-state index in [1.54, 1.807) is 0 Å². The van der Waals surface area contributed by atoms with Crippen molar-refractivity contribution >= 4 is 18.5 Å². The molecule has 0 atom stereocenters. The van der Waals surface area contributed by atoms with Gasteiger partial charge in [-0.3, -0.25) is 0 Å². The fourth-order valence-electron chi connectivity index (χ4n) is 3.76. The van der Waals surface area contributed by atoms with E-state index in [1.807, 2.05) is 20.8 Å². The van der Waals surface area contributed by atoms with E-state index in [2.05, 4.69) is 5.32 Å². The number of rotatable bonds is 3. The minimum absolute atomic E-state index is 0. The molecule has 3 aliphatic rings. The first-order valence-electron chi connectivity index (χ1n) is 6.95. The topological polar surface area (TPSA) is 64.3 Å². The molecule has 2 bridgehead atoms. The summed E-state index contributed by atoms with van der Waals surface area (Å²) in [6.45, 7) is 7.18. The third-order valence-electron chi connectivity index (χ3n) is 4.35. The van der Waals surface area contributed by atoms with Gasteiger partial charge in [0.25, 0.3) is 0 Å². The standard InChI is InChI=1S/C14H26N2O2.ClH/c1-12(2,3)18-11(17)16-10-14-6-4-5-13(7-14,8-14)9-15;/h4-10,15H2,1-3H3,(H,16,17);1H. The van der Waals surface area contributed by atoms with Crippen LogP contribution in [-0.2, 0) is 4.74 Å². The SMILES string of the molecule is CC(C)(C)OC(=O)NCC12CCCC(CN)(C1)C2.Cl. The highest BCUT2D eigenvalue weighted by Gasteiger charge is 2.56. The number of carbonyl (C=O) groups is 1. The van der Waals surface area contributed by atoms with Crippen molar-refractivity contribution in [2.45, 2.75) is 58.5 Å². The minimum atomic E-state index is -0.422. The molecular weight excluding hydrogens is 264 g/mol. The Morgan fingerprint density at radius 3 is 2.37 bits per heavy atom. The van der Waals surface area contributed by atoms with Gasteiger partial charge >= 0.3 is 6.09 Å². The maximum atomic E-state index is 11.7. The van der Waals surface area contributed by atoms with E-state index in [4.69, 9.17) is 10.5 Å². The normalized spacial score (nSPS) is 32.8. The van der Waals surface area contributed by atoms with E-state index in [1.165, 1.54) is 32.1 Å². The number of hydrogen-bond donors (Lipinski definition) is 2. The average Bonchev–Trinajstić information content (AvgIpc) is 2.23. The molecule has 0 heterocycles. The Balaban J connectivity index is 0.00000180. The second-order valence-electron chi connectivity index (χ2n) is 7.27. The predicted octanol–water partition coefficient (Wildman–Crippen LogP) is 2.84. The Morgan fingerprint density at radius 1 is 1.26 bits per heavy atom. The third-order valence-corrected chi connectivity index (χ3v) is 4.35. The van der Waals surface area contributed by atoms with E-state index in [0.717, 1.165) is 13.1 Å². The van der Waals surface area contributed by atoms with Crippen LogP contribution in [-0.4, -0.2) is 24.8 Å². The third kappa shape index (κ3) is 3.76. The van der Waals surface area contributed by atoms with Crippen molar-refractivity contribution in [2.75, 3.05) is 13.1 Å².